The van der Waals surface area contributed by atoms with Crippen LogP contribution < -0.4 is 11.1 Å². The van der Waals surface area contributed by atoms with E-state index in [1.165, 1.54) is 13.7 Å². The van der Waals surface area contributed by atoms with Gasteiger partial charge in [0.15, 0.2) is 0 Å². The first-order valence-corrected chi connectivity index (χ1v) is 13.1. The second kappa shape index (κ2) is 9.37. The van der Waals surface area contributed by atoms with Crippen LogP contribution in [0.1, 0.15) is 6.42 Å². The van der Waals surface area contributed by atoms with E-state index in [-0.39, 0.29) is 16.0 Å². The van der Waals surface area contributed by atoms with Crippen LogP contribution in [0.25, 0.3) is 21.7 Å². The van der Waals surface area contributed by atoms with Gasteiger partial charge in [-0.05, 0) is 30.7 Å². The normalized spacial score (nSPS) is 15.7. The Bertz CT molecular complexity index is 1610. The van der Waals surface area contributed by atoms with Crippen molar-refractivity contribution in [2.75, 3.05) is 32.7 Å². The maximum absolute atomic E-state index is 13.3. The molecule has 0 spiro atoms. The molecule has 2 aromatic carbocycles. The molecule has 2 aromatic heterocycles. The van der Waals surface area contributed by atoms with E-state index in [0.717, 1.165) is 5.39 Å². The minimum Gasteiger partial charge on any atom is -0.301 e. The highest BCUT2D eigenvalue weighted by molar-refractivity contribution is 7.89. The highest BCUT2D eigenvalue weighted by atomic mass is 32.2. The third-order valence-corrected chi connectivity index (χ3v) is 8.60. The van der Waals surface area contributed by atoms with Crippen molar-refractivity contribution < 1.29 is 8.42 Å². The largest absolute Gasteiger partial charge is 0.301 e. The molecule has 1 aliphatic heterocycles. The highest BCUT2D eigenvalue weighted by Gasteiger charge is 2.30. The molecule has 0 unspecified atom stereocenters. The summed E-state index contributed by atoms with van der Waals surface area (Å²) in [5.41, 5.74) is 0.119. The maximum atomic E-state index is 13.3. The number of aromatic nitrogens is 3. The summed E-state index contributed by atoms with van der Waals surface area (Å²) in [5.74, 6) is 0. The van der Waals surface area contributed by atoms with E-state index in [1.54, 1.807) is 55.7 Å². The Morgan fingerprint density at radius 1 is 0.829 bits per heavy atom. The van der Waals surface area contributed by atoms with Crippen molar-refractivity contribution in [3.8, 4) is 0 Å². The third kappa shape index (κ3) is 4.29. The summed E-state index contributed by atoms with van der Waals surface area (Å²) >= 11 is 0. The van der Waals surface area contributed by atoms with E-state index in [9.17, 15) is 18.0 Å². The number of hydrogen-bond donors (Lipinski definition) is 0. The zero-order chi connectivity index (χ0) is 24.6. The van der Waals surface area contributed by atoms with Gasteiger partial charge in [0.2, 0.25) is 10.0 Å². The average molecular weight is 494 g/mol. The van der Waals surface area contributed by atoms with Gasteiger partial charge < -0.3 is 4.90 Å². The first-order chi connectivity index (χ1) is 16.9. The average Bonchev–Trinajstić information content (AvgIpc) is 2.89. The Kier molecular flexibility index (Phi) is 6.26. The minimum absolute atomic E-state index is 0.178. The Labute approximate surface area is 202 Å². The number of rotatable bonds is 6. The van der Waals surface area contributed by atoms with Crippen molar-refractivity contribution in [1.82, 2.24) is 23.6 Å². The summed E-state index contributed by atoms with van der Waals surface area (Å²) in [6, 6.07) is 15.7. The smallest absolute Gasteiger partial charge is 0.273 e. The van der Waals surface area contributed by atoms with Gasteiger partial charge in [-0.3, -0.25) is 19.3 Å². The summed E-state index contributed by atoms with van der Waals surface area (Å²) in [6.45, 7) is 3.10. The number of piperazine rings is 1. The number of nitrogens with zero attached hydrogens (tertiary/aromatic N) is 5. The molecule has 5 rings (SSSR count). The van der Waals surface area contributed by atoms with E-state index in [0.29, 0.717) is 62.0 Å². The first kappa shape index (κ1) is 23.4. The van der Waals surface area contributed by atoms with E-state index in [4.69, 9.17) is 0 Å². The summed E-state index contributed by atoms with van der Waals surface area (Å²) in [5, 5.41) is 1.65. The van der Waals surface area contributed by atoms with Crippen LogP contribution >= 0.6 is 0 Å². The molecule has 0 atom stereocenters. The molecule has 0 radical (unpaired) electrons. The third-order valence-electron chi connectivity index (χ3n) is 6.67. The van der Waals surface area contributed by atoms with Crippen LogP contribution in [0.3, 0.4) is 0 Å². The van der Waals surface area contributed by atoms with Crippen molar-refractivity contribution in [1.29, 1.82) is 0 Å². The topological polar surface area (TPSA) is 97.5 Å². The SMILES string of the molecule is Cn1c(=O)c2ccccc2c(=O)n1CCCN1CCN(S(=O)(=O)c2cccc3cccnc23)CC1. The lowest BCUT2D eigenvalue weighted by Gasteiger charge is -2.34. The number of benzene rings is 2. The zero-order valence-corrected chi connectivity index (χ0v) is 20.3. The molecule has 4 aromatic rings. The van der Waals surface area contributed by atoms with Gasteiger partial charge in [-0.15, -0.1) is 0 Å². The molecule has 182 valence electrons. The van der Waals surface area contributed by atoms with Gasteiger partial charge in [-0.2, -0.15) is 4.31 Å². The molecule has 0 saturated carbocycles. The lowest BCUT2D eigenvalue weighted by atomic mass is 10.2. The molecule has 1 aliphatic rings. The Hall–Kier alpha value is -3.34. The predicted octanol–water partition coefficient (Wildman–Crippen LogP) is 1.64. The van der Waals surface area contributed by atoms with Crippen LogP contribution in [-0.2, 0) is 23.6 Å². The van der Waals surface area contributed by atoms with Crippen molar-refractivity contribution in [2.45, 2.75) is 17.9 Å². The quantitative estimate of drug-likeness (QED) is 0.405. The second-order valence-electron chi connectivity index (χ2n) is 8.73. The fourth-order valence-corrected chi connectivity index (χ4v) is 6.32. The molecule has 3 heterocycles. The summed E-state index contributed by atoms with van der Waals surface area (Å²) in [4.78, 5) is 32.2. The van der Waals surface area contributed by atoms with Gasteiger partial charge in [-0.1, -0.05) is 30.3 Å². The molecule has 0 amide bonds. The van der Waals surface area contributed by atoms with E-state index in [2.05, 4.69) is 9.88 Å². The number of hydrogen-bond acceptors (Lipinski definition) is 6. The van der Waals surface area contributed by atoms with Crippen LogP contribution in [0.4, 0.5) is 0 Å². The van der Waals surface area contributed by atoms with Crippen LogP contribution in [-0.4, -0.2) is 64.7 Å². The molecule has 0 aliphatic carbocycles. The van der Waals surface area contributed by atoms with Crippen molar-refractivity contribution in [2.24, 2.45) is 7.05 Å². The number of pyridine rings is 1. The van der Waals surface area contributed by atoms with Gasteiger partial charge in [-0.25, -0.2) is 13.1 Å². The fourth-order valence-electron chi connectivity index (χ4n) is 4.73. The highest BCUT2D eigenvalue weighted by Crippen LogP contribution is 2.24. The molecule has 35 heavy (non-hydrogen) atoms. The molecule has 0 N–H and O–H groups in total. The van der Waals surface area contributed by atoms with Crippen LogP contribution in [0.2, 0.25) is 0 Å². The maximum Gasteiger partial charge on any atom is 0.273 e. The lowest BCUT2D eigenvalue weighted by Crippen LogP contribution is -2.49. The fraction of sp³-hybridized carbons (Fsp3) is 0.320. The van der Waals surface area contributed by atoms with Crippen LogP contribution in [0, 0.1) is 0 Å². The van der Waals surface area contributed by atoms with E-state index in [1.807, 2.05) is 12.1 Å². The Morgan fingerprint density at radius 2 is 1.51 bits per heavy atom. The second-order valence-corrected chi connectivity index (χ2v) is 10.6. The predicted molar refractivity (Wildman–Crippen MR) is 135 cm³/mol. The molecular weight excluding hydrogens is 466 g/mol. The number of para-hydroxylation sites is 1. The van der Waals surface area contributed by atoms with Crippen LogP contribution in [0.15, 0.2) is 75.3 Å². The number of sulfonamides is 1. The number of fused-ring (bicyclic) bond motifs is 2. The summed E-state index contributed by atoms with van der Waals surface area (Å²) in [6.07, 6.45) is 2.28. The minimum atomic E-state index is -3.65. The van der Waals surface area contributed by atoms with E-state index >= 15 is 0 Å². The van der Waals surface area contributed by atoms with E-state index < -0.39 is 10.0 Å². The Balaban J connectivity index is 1.24. The van der Waals surface area contributed by atoms with Crippen molar-refractivity contribution in [3.63, 3.8) is 0 Å². The van der Waals surface area contributed by atoms with Gasteiger partial charge in [0.1, 0.15) is 4.90 Å². The van der Waals surface area contributed by atoms with Gasteiger partial charge >= 0.3 is 0 Å². The molecular formula is C25H27N5O4S. The van der Waals surface area contributed by atoms with Gasteiger partial charge in [0, 0.05) is 57.9 Å². The van der Waals surface area contributed by atoms with Crippen molar-refractivity contribution >= 4 is 31.7 Å². The molecule has 1 saturated heterocycles. The monoisotopic (exact) mass is 493 g/mol. The van der Waals surface area contributed by atoms with Gasteiger partial charge in [0.25, 0.3) is 11.1 Å². The van der Waals surface area contributed by atoms with Crippen molar-refractivity contribution in [3.05, 3.63) is 81.5 Å². The molecule has 1 fully saturated rings. The van der Waals surface area contributed by atoms with Gasteiger partial charge in [0.05, 0.1) is 16.3 Å². The summed E-state index contributed by atoms with van der Waals surface area (Å²) < 4.78 is 31.0. The molecule has 0 bridgehead atoms. The zero-order valence-electron chi connectivity index (χ0n) is 19.5. The Morgan fingerprint density at radius 3 is 2.26 bits per heavy atom. The van der Waals surface area contributed by atoms with Crippen LogP contribution in [0.5, 0.6) is 0 Å². The lowest BCUT2D eigenvalue weighted by molar-refractivity contribution is 0.182. The standard InChI is InChI=1S/C25H27N5O4S/c1-27-24(31)20-9-2-3-10-21(20)25(32)30(27)14-6-13-28-15-17-29(18-16-28)35(33,34)22-11-4-7-19-8-5-12-26-23(19)22/h2-5,7-12H,6,13-18H2,1H3. The first-order valence-electron chi connectivity index (χ1n) is 11.6. The summed E-state index contributed by atoms with van der Waals surface area (Å²) in [7, 11) is -2.04. The molecule has 9 nitrogen and oxygen atoms in total. The molecule has 10 heteroatoms.